The third-order valence-electron chi connectivity index (χ3n) is 3.04. The molecule has 0 radical (unpaired) electrons. The summed E-state index contributed by atoms with van der Waals surface area (Å²) in [5.41, 5.74) is 1.37. The minimum absolute atomic E-state index is 0.00742. The number of nitrogens with one attached hydrogen (secondary N) is 1. The second-order valence-corrected chi connectivity index (χ2v) is 4.88. The van der Waals surface area contributed by atoms with Gasteiger partial charge >= 0.3 is 0 Å². The van der Waals surface area contributed by atoms with Crippen LogP contribution in [0.1, 0.15) is 31.3 Å². The van der Waals surface area contributed by atoms with Crippen LogP contribution in [0.3, 0.4) is 0 Å². The van der Waals surface area contributed by atoms with E-state index in [-0.39, 0.29) is 16.8 Å². The average Bonchev–Trinajstić information content (AvgIpc) is 2.71. The maximum Gasteiger partial charge on any atom is 0.153 e. The first kappa shape index (κ1) is 14.9. The highest BCUT2D eigenvalue weighted by Crippen LogP contribution is 2.27. The summed E-state index contributed by atoms with van der Waals surface area (Å²) in [5, 5.41) is 11.1. The van der Waals surface area contributed by atoms with Gasteiger partial charge in [-0.05, 0) is 26.5 Å². The molecular weight excluding hydrogens is 286 g/mol. The third-order valence-corrected chi connectivity index (χ3v) is 3.33. The van der Waals surface area contributed by atoms with E-state index in [0.717, 1.165) is 18.7 Å². The van der Waals surface area contributed by atoms with Crippen molar-refractivity contribution >= 4 is 11.6 Å². The van der Waals surface area contributed by atoms with E-state index in [1.165, 1.54) is 4.68 Å². The van der Waals surface area contributed by atoms with Gasteiger partial charge in [-0.15, -0.1) is 5.10 Å². The van der Waals surface area contributed by atoms with E-state index in [4.69, 9.17) is 11.6 Å². The summed E-state index contributed by atoms with van der Waals surface area (Å²) >= 11 is 5.91. The van der Waals surface area contributed by atoms with E-state index in [1.807, 2.05) is 13.8 Å². The Kier molecular flexibility index (Phi) is 4.35. The van der Waals surface area contributed by atoms with Crippen LogP contribution in [0, 0.1) is 18.6 Å². The van der Waals surface area contributed by atoms with Crippen LogP contribution in [-0.2, 0) is 0 Å². The Hall–Kier alpha value is -1.53. The molecule has 1 atom stereocenters. The van der Waals surface area contributed by atoms with Crippen molar-refractivity contribution in [2.45, 2.75) is 26.8 Å². The van der Waals surface area contributed by atoms with Gasteiger partial charge in [0.15, 0.2) is 5.82 Å². The van der Waals surface area contributed by atoms with E-state index >= 15 is 0 Å². The third kappa shape index (κ3) is 2.66. The van der Waals surface area contributed by atoms with Crippen molar-refractivity contribution in [1.29, 1.82) is 0 Å². The van der Waals surface area contributed by atoms with E-state index < -0.39 is 11.6 Å². The minimum atomic E-state index is -0.773. The zero-order valence-corrected chi connectivity index (χ0v) is 12.2. The van der Waals surface area contributed by atoms with Crippen LogP contribution in [0.25, 0.3) is 5.69 Å². The van der Waals surface area contributed by atoms with Crippen molar-refractivity contribution in [2.24, 2.45) is 0 Å². The van der Waals surface area contributed by atoms with E-state index in [0.29, 0.717) is 11.4 Å². The van der Waals surface area contributed by atoms with Crippen LogP contribution in [-0.4, -0.2) is 21.5 Å². The molecule has 2 rings (SSSR count). The second-order valence-electron chi connectivity index (χ2n) is 4.47. The van der Waals surface area contributed by atoms with E-state index in [2.05, 4.69) is 15.6 Å². The average molecular weight is 301 g/mol. The van der Waals surface area contributed by atoms with E-state index in [9.17, 15) is 8.78 Å². The van der Waals surface area contributed by atoms with Gasteiger partial charge in [0.1, 0.15) is 17.2 Å². The molecule has 1 N–H and O–H groups in total. The van der Waals surface area contributed by atoms with Crippen LogP contribution in [0.2, 0.25) is 5.02 Å². The minimum Gasteiger partial charge on any atom is -0.309 e. The zero-order chi connectivity index (χ0) is 14.9. The van der Waals surface area contributed by atoms with Gasteiger partial charge in [-0.25, -0.2) is 13.5 Å². The van der Waals surface area contributed by atoms with Crippen LogP contribution in [0.4, 0.5) is 8.78 Å². The first-order valence-corrected chi connectivity index (χ1v) is 6.64. The van der Waals surface area contributed by atoms with Crippen molar-refractivity contribution in [1.82, 2.24) is 20.3 Å². The van der Waals surface area contributed by atoms with Crippen molar-refractivity contribution in [3.05, 3.63) is 40.2 Å². The molecule has 0 saturated heterocycles. The molecular formula is C13H15ClF2N4. The Labute approximate surface area is 120 Å². The zero-order valence-electron chi connectivity index (χ0n) is 11.4. The fourth-order valence-electron chi connectivity index (χ4n) is 2.09. The molecule has 0 bridgehead atoms. The molecule has 20 heavy (non-hydrogen) atoms. The van der Waals surface area contributed by atoms with Crippen LogP contribution in [0.5, 0.6) is 0 Å². The summed E-state index contributed by atoms with van der Waals surface area (Å²) < 4.78 is 28.3. The van der Waals surface area contributed by atoms with E-state index in [1.54, 1.807) is 6.92 Å². The molecule has 0 spiro atoms. The molecule has 0 aliphatic carbocycles. The maximum atomic E-state index is 13.9. The molecule has 0 amide bonds. The lowest BCUT2D eigenvalue weighted by atomic mass is 10.2. The second kappa shape index (κ2) is 5.85. The lowest BCUT2D eigenvalue weighted by Crippen LogP contribution is -2.19. The number of halogens is 3. The van der Waals surface area contributed by atoms with Gasteiger partial charge in [-0.3, -0.25) is 0 Å². The predicted molar refractivity (Wildman–Crippen MR) is 73.1 cm³/mol. The molecule has 1 aromatic carbocycles. The number of rotatable bonds is 4. The SMILES string of the molecule is CCNC(C)c1nnn(-c2c(F)cc(F)cc2Cl)c1C. The number of aromatic nitrogens is 3. The first-order chi connectivity index (χ1) is 9.45. The van der Waals surface area contributed by atoms with Gasteiger partial charge in [0.25, 0.3) is 0 Å². The Morgan fingerprint density at radius 3 is 2.70 bits per heavy atom. The Morgan fingerprint density at radius 1 is 1.40 bits per heavy atom. The Balaban J connectivity index is 2.50. The highest BCUT2D eigenvalue weighted by Gasteiger charge is 2.20. The topological polar surface area (TPSA) is 42.7 Å². The number of nitrogens with zero attached hydrogens (tertiary/aromatic N) is 3. The first-order valence-electron chi connectivity index (χ1n) is 6.26. The maximum absolute atomic E-state index is 13.9. The molecule has 0 aliphatic heterocycles. The molecule has 2 aromatic rings. The summed E-state index contributed by atoms with van der Waals surface area (Å²) in [7, 11) is 0. The lowest BCUT2D eigenvalue weighted by Gasteiger charge is -2.11. The monoisotopic (exact) mass is 300 g/mol. The number of benzene rings is 1. The largest absolute Gasteiger partial charge is 0.309 e. The Morgan fingerprint density at radius 2 is 2.10 bits per heavy atom. The molecule has 108 valence electrons. The molecule has 0 aliphatic rings. The van der Waals surface area contributed by atoms with Crippen LogP contribution in [0.15, 0.2) is 12.1 Å². The molecule has 4 nitrogen and oxygen atoms in total. The molecule has 7 heteroatoms. The van der Waals surface area contributed by atoms with Gasteiger partial charge in [-0.1, -0.05) is 23.7 Å². The molecule has 0 saturated carbocycles. The lowest BCUT2D eigenvalue weighted by molar-refractivity contribution is 0.570. The highest BCUT2D eigenvalue weighted by molar-refractivity contribution is 6.32. The summed E-state index contributed by atoms with van der Waals surface area (Å²) in [6.45, 7) is 6.46. The predicted octanol–water partition coefficient (Wildman–Crippen LogP) is 3.18. The fourth-order valence-corrected chi connectivity index (χ4v) is 2.37. The van der Waals surface area contributed by atoms with Gasteiger partial charge < -0.3 is 5.32 Å². The van der Waals surface area contributed by atoms with Crippen molar-refractivity contribution in [3.63, 3.8) is 0 Å². The van der Waals surface area contributed by atoms with Gasteiger partial charge in [0.05, 0.1) is 16.8 Å². The summed E-state index contributed by atoms with van der Waals surface area (Å²) in [5.74, 6) is -1.50. The normalized spacial score (nSPS) is 12.7. The standard InChI is InChI=1S/C13H15ClF2N4/c1-4-17-7(2)12-8(3)20(19-18-12)13-10(14)5-9(15)6-11(13)16/h5-7,17H,4H2,1-3H3. The Bertz CT molecular complexity index is 604. The van der Waals surface area contributed by atoms with Crippen molar-refractivity contribution in [2.75, 3.05) is 6.54 Å². The summed E-state index contributed by atoms with van der Waals surface area (Å²) in [6, 6.07) is 1.81. The fraction of sp³-hybridized carbons (Fsp3) is 0.385. The van der Waals surface area contributed by atoms with Gasteiger partial charge in [0.2, 0.25) is 0 Å². The van der Waals surface area contributed by atoms with Gasteiger partial charge in [-0.2, -0.15) is 0 Å². The molecule has 0 fully saturated rings. The summed E-state index contributed by atoms with van der Waals surface area (Å²) in [4.78, 5) is 0. The van der Waals surface area contributed by atoms with Crippen LogP contribution < -0.4 is 5.32 Å². The number of hydrogen-bond acceptors (Lipinski definition) is 3. The molecule has 1 heterocycles. The van der Waals surface area contributed by atoms with Crippen molar-refractivity contribution < 1.29 is 8.78 Å². The molecule has 1 aromatic heterocycles. The van der Waals surface area contributed by atoms with Gasteiger partial charge in [0, 0.05) is 6.07 Å². The quantitative estimate of drug-likeness (QED) is 0.943. The molecule has 1 unspecified atom stereocenters. The smallest absolute Gasteiger partial charge is 0.153 e. The van der Waals surface area contributed by atoms with Crippen LogP contribution >= 0.6 is 11.6 Å². The van der Waals surface area contributed by atoms with Crippen molar-refractivity contribution in [3.8, 4) is 5.69 Å². The highest BCUT2D eigenvalue weighted by atomic mass is 35.5. The number of hydrogen-bond donors (Lipinski definition) is 1. The summed E-state index contributed by atoms with van der Waals surface area (Å²) in [6.07, 6.45) is 0.